The number of pyridine rings is 1. The van der Waals surface area contributed by atoms with E-state index in [9.17, 15) is 9.90 Å². The van der Waals surface area contributed by atoms with Gasteiger partial charge in [0.05, 0.1) is 16.8 Å². The number of nitrogens with one attached hydrogen (secondary N) is 2. The van der Waals surface area contributed by atoms with Gasteiger partial charge in [0.1, 0.15) is 0 Å². The van der Waals surface area contributed by atoms with Crippen LogP contribution in [0.1, 0.15) is 40.8 Å². The van der Waals surface area contributed by atoms with Crippen LogP contribution in [0.15, 0.2) is 30.3 Å². The third-order valence-electron chi connectivity index (χ3n) is 5.18. The lowest BCUT2D eigenvalue weighted by molar-refractivity contribution is 0.0697. The number of fused-ring (bicyclic) bond motifs is 1. The van der Waals surface area contributed by atoms with E-state index in [0.29, 0.717) is 35.1 Å². The lowest BCUT2D eigenvalue weighted by Gasteiger charge is -2.13. The highest BCUT2D eigenvalue weighted by atomic mass is 19.1. The third kappa shape index (κ3) is 3.10. The zero-order valence-corrected chi connectivity index (χ0v) is 15.9. The highest BCUT2D eigenvalue weighted by molar-refractivity contribution is 6.03. The number of H-pyrrole nitrogens is 1. The Balaban J connectivity index is 2.02. The molecule has 0 spiro atoms. The molecular weight excluding hydrogens is 357 g/mol. The summed E-state index contributed by atoms with van der Waals surface area (Å²) in [6.07, 6.45) is 3.55. The van der Waals surface area contributed by atoms with Crippen molar-refractivity contribution in [1.82, 2.24) is 15.3 Å². The fourth-order valence-corrected chi connectivity index (χ4v) is 3.78. The number of benzene rings is 1. The van der Waals surface area contributed by atoms with Gasteiger partial charge in [-0.25, -0.2) is 9.18 Å². The molecule has 0 atom stereocenters. The standard InChI is InChI=1S/C22H22FN3O2/c1-3-18-15(7-6-12(2)25-18)16-9-14(22(27)28)10-17-19(23)20(26-21(16)17)13-5-4-8-24-11-13/h5-7,9-10,24,26H,3-4,8,11H2,1-2H3,(H,27,28). The van der Waals surface area contributed by atoms with Crippen molar-refractivity contribution in [2.75, 3.05) is 13.1 Å². The molecule has 28 heavy (non-hydrogen) atoms. The average molecular weight is 379 g/mol. The van der Waals surface area contributed by atoms with Gasteiger partial charge < -0.3 is 15.4 Å². The van der Waals surface area contributed by atoms with Crippen LogP contribution in [0, 0.1) is 12.7 Å². The normalized spacial score (nSPS) is 14.3. The number of halogens is 1. The Bertz CT molecular complexity index is 1110. The van der Waals surface area contributed by atoms with Crippen molar-refractivity contribution in [3.63, 3.8) is 0 Å². The summed E-state index contributed by atoms with van der Waals surface area (Å²) in [6, 6.07) is 6.83. The number of nitrogens with zero attached hydrogens (tertiary/aromatic N) is 1. The number of hydrogen-bond acceptors (Lipinski definition) is 3. The van der Waals surface area contributed by atoms with Gasteiger partial charge in [-0.15, -0.1) is 0 Å². The predicted molar refractivity (Wildman–Crippen MR) is 108 cm³/mol. The molecule has 2 aromatic heterocycles. The molecule has 1 aliphatic heterocycles. The molecule has 1 aromatic carbocycles. The summed E-state index contributed by atoms with van der Waals surface area (Å²) in [5.41, 5.74) is 5.18. The molecule has 5 nitrogen and oxygen atoms in total. The Hall–Kier alpha value is -2.99. The van der Waals surface area contributed by atoms with E-state index < -0.39 is 11.8 Å². The van der Waals surface area contributed by atoms with Crippen LogP contribution in [0.5, 0.6) is 0 Å². The van der Waals surface area contributed by atoms with Crippen molar-refractivity contribution in [3.8, 4) is 11.1 Å². The molecule has 6 heteroatoms. The minimum absolute atomic E-state index is 0.0605. The second kappa shape index (κ2) is 7.20. The van der Waals surface area contributed by atoms with Gasteiger partial charge in [-0.1, -0.05) is 19.1 Å². The average Bonchev–Trinajstić information content (AvgIpc) is 3.04. The number of rotatable bonds is 4. The SMILES string of the molecule is CCc1nc(C)ccc1-c1cc(C(=O)O)cc2c(F)c(C3=CCCNC3)[nH]c12. The molecule has 0 saturated carbocycles. The van der Waals surface area contributed by atoms with Gasteiger partial charge in [0.25, 0.3) is 0 Å². The van der Waals surface area contributed by atoms with Crippen molar-refractivity contribution < 1.29 is 14.3 Å². The van der Waals surface area contributed by atoms with Crippen LogP contribution in [-0.2, 0) is 6.42 Å². The Morgan fingerprint density at radius 2 is 2.11 bits per heavy atom. The smallest absolute Gasteiger partial charge is 0.335 e. The van der Waals surface area contributed by atoms with Crippen LogP contribution in [0.2, 0.25) is 0 Å². The maximum atomic E-state index is 15.3. The fraction of sp³-hybridized carbons (Fsp3) is 0.273. The molecule has 144 valence electrons. The van der Waals surface area contributed by atoms with Gasteiger partial charge in [0.2, 0.25) is 0 Å². The van der Waals surface area contributed by atoms with Crippen LogP contribution >= 0.6 is 0 Å². The van der Waals surface area contributed by atoms with Crippen LogP contribution < -0.4 is 5.32 Å². The summed E-state index contributed by atoms with van der Waals surface area (Å²) < 4.78 is 15.3. The molecule has 0 amide bonds. The Morgan fingerprint density at radius 3 is 2.79 bits per heavy atom. The van der Waals surface area contributed by atoms with Crippen molar-refractivity contribution in [1.29, 1.82) is 0 Å². The Labute approximate surface area is 162 Å². The van der Waals surface area contributed by atoms with Crippen LogP contribution in [0.25, 0.3) is 27.6 Å². The number of carboxylic acid groups (broad SMARTS) is 1. The maximum absolute atomic E-state index is 15.3. The molecule has 3 aromatic rings. The summed E-state index contributed by atoms with van der Waals surface area (Å²) in [7, 11) is 0. The topological polar surface area (TPSA) is 78.0 Å². The van der Waals surface area contributed by atoms with E-state index in [1.807, 2.05) is 32.1 Å². The third-order valence-corrected chi connectivity index (χ3v) is 5.18. The molecule has 0 unspecified atom stereocenters. The molecule has 0 bridgehead atoms. The van der Waals surface area contributed by atoms with Crippen LogP contribution in [0.4, 0.5) is 4.39 Å². The molecule has 0 aliphatic carbocycles. The predicted octanol–water partition coefficient (Wildman–Crippen LogP) is 4.31. The van der Waals surface area contributed by atoms with Gasteiger partial charge in [-0.3, -0.25) is 4.98 Å². The van der Waals surface area contributed by atoms with Crippen molar-refractivity contribution in [2.45, 2.75) is 26.7 Å². The molecule has 4 rings (SSSR count). The van der Waals surface area contributed by atoms with Gasteiger partial charge >= 0.3 is 5.97 Å². The number of aryl methyl sites for hydroxylation is 2. The van der Waals surface area contributed by atoms with E-state index in [1.165, 1.54) is 6.07 Å². The summed E-state index contributed by atoms with van der Waals surface area (Å²) in [5, 5.41) is 13.1. The minimum Gasteiger partial charge on any atom is -0.478 e. The second-order valence-electron chi connectivity index (χ2n) is 7.06. The first-order valence-corrected chi connectivity index (χ1v) is 9.45. The van der Waals surface area contributed by atoms with E-state index in [4.69, 9.17) is 0 Å². The first-order chi connectivity index (χ1) is 13.5. The van der Waals surface area contributed by atoms with Crippen molar-refractivity contribution in [2.24, 2.45) is 0 Å². The highest BCUT2D eigenvalue weighted by Gasteiger charge is 2.22. The fourth-order valence-electron chi connectivity index (χ4n) is 3.78. The number of hydrogen-bond donors (Lipinski definition) is 3. The van der Waals surface area contributed by atoms with Crippen LogP contribution in [-0.4, -0.2) is 34.1 Å². The number of aromatic carboxylic acids is 1. The second-order valence-corrected chi connectivity index (χ2v) is 7.06. The molecule has 0 radical (unpaired) electrons. The zero-order valence-electron chi connectivity index (χ0n) is 15.9. The zero-order chi connectivity index (χ0) is 19.8. The first kappa shape index (κ1) is 18.4. The summed E-state index contributed by atoms with van der Waals surface area (Å²) in [5.74, 6) is -1.49. The quantitative estimate of drug-likeness (QED) is 0.631. The first-order valence-electron chi connectivity index (χ1n) is 9.45. The number of carboxylic acids is 1. The monoisotopic (exact) mass is 379 g/mol. The minimum atomic E-state index is -1.08. The summed E-state index contributed by atoms with van der Waals surface area (Å²) in [6.45, 7) is 5.37. The highest BCUT2D eigenvalue weighted by Crippen LogP contribution is 2.36. The number of aromatic nitrogens is 2. The largest absolute Gasteiger partial charge is 0.478 e. The molecular formula is C22H22FN3O2. The van der Waals surface area contributed by atoms with E-state index in [0.717, 1.165) is 35.5 Å². The van der Waals surface area contributed by atoms with E-state index in [-0.39, 0.29) is 5.56 Å². The van der Waals surface area contributed by atoms with E-state index in [1.54, 1.807) is 6.07 Å². The molecule has 3 N–H and O–H groups in total. The molecule has 0 fully saturated rings. The summed E-state index contributed by atoms with van der Waals surface area (Å²) in [4.78, 5) is 19.5. The van der Waals surface area contributed by atoms with Gasteiger partial charge in [0, 0.05) is 34.4 Å². The van der Waals surface area contributed by atoms with Gasteiger partial charge in [-0.2, -0.15) is 0 Å². The number of carbonyl (C=O) groups is 1. The molecule has 3 heterocycles. The number of aromatic amines is 1. The van der Waals surface area contributed by atoms with Crippen molar-refractivity contribution >= 4 is 22.4 Å². The molecule has 0 saturated heterocycles. The van der Waals surface area contributed by atoms with Gasteiger partial charge in [0.15, 0.2) is 5.82 Å². The molecule has 1 aliphatic rings. The maximum Gasteiger partial charge on any atom is 0.335 e. The van der Waals surface area contributed by atoms with E-state index in [2.05, 4.69) is 15.3 Å². The van der Waals surface area contributed by atoms with Gasteiger partial charge in [-0.05, 0) is 50.1 Å². The van der Waals surface area contributed by atoms with E-state index >= 15 is 4.39 Å². The lowest BCUT2D eigenvalue weighted by atomic mass is 9.97. The summed E-state index contributed by atoms with van der Waals surface area (Å²) >= 11 is 0. The lowest BCUT2D eigenvalue weighted by Crippen LogP contribution is -2.21. The Morgan fingerprint density at radius 1 is 1.29 bits per heavy atom. The van der Waals surface area contributed by atoms with Crippen LogP contribution in [0.3, 0.4) is 0 Å². The Kier molecular flexibility index (Phi) is 4.73. The van der Waals surface area contributed by atoms with Crippen molar-refractivity contribution in [3.05, 3.63) is 58.8 Å².